The van der Waals surface area contributed by atoms with E-state index in [0.29, 0.717) is 16.3 Å². The molecule has 0 bridgehead atoms. The van der Waals surface area contributed by atoms with Crippen molar-refractivity contribution in [3.05, 3.63) is 59.1 Å². The maximum absolute atomic E-state index is 11.9. The molecule has 0 aromatic heterocycles. The minimum absolute atomic E-state index is 0.0693. The van der Waals surface area contributed by atoms with E-state index in [-0.39, 0.29) is 12.4 Å². The number of carbonyl (C=O) groups is 1. The smallest absolute Gasteiger partial charge is 0.316 e. The zero-order chi connectivity index (χ0) is 15.2. The van der Waals surface area contributed by atoms with Crippen LogP contribution in [-0.2, 0) is 9.53 Å². The Balaban J connectivity index is 2.18. The normalized spacial score (nSPS) is 11.7. The maximum Gasteiger partial charge on any atom is 0.316 e. The van der Waals surface area contributed by atoms with Gasteiger partial charge in [0.2, 0.25) is 0 Å². The monoisotopic (exact) mass is 306 g/mol. The molecule has 0 fully saturated rings. The van der Waals surface area contributed by atoms with Crippen LogP contribution >= 0.6 is 11.6 Å². The number of aromatic hydroxyl groups is 1. The number of halogens is 1. The van der Waals surface area contributed by atoms with Gasteiger partial charge < -0.3 is 14.6 Å². The molecule has 1 N–H and O–H groups in total. The summed E-state index contributed by atoms with van der Waals surface area (Å²) in [5, 5.41) is 10.0. The summed E-state index contributed by atoms with van der Waals surface area (Å²) in [6.45, 7) is 0.0693. The predicted molar refractivity (Wildman–Crippen MR) is 79.8 cm³/mol. The van der Waals surface area contributed by atoms with Gasteiger partial charge in [-0.1, -0.05) is 35.9 Å². The zero-order valence-electron chi connectivity index (χ0n) is 11.5. The van der Waals surface area contributed by atoms with Crippen LogP contribution in [0.4, 0.5) is 0 Å². The van der Waals surface area contributed by atoms with Crippen molar-refractivity contribution in [2.75, 3.05) is 13.7 Å². The van der Waals surface area contributed by atoms with E-state index in [4.69, 9.17) is 21.1 Å². The third-order valence-electron chi connectivity index (χ3n) is 3.00. The number of para-hydroxylation sites is 1. The highest BCUT2D eigenvalue weighted by molar-refractivity contribution is 6.32. The molecular formula is C16H15ClO4. The number of phenolic OH excluding ortho intramolecular Hbond substituents is 1. The fourth-order valence-electron chi connectivity index (χ4n) is 1.92. The van der Waals surface area contributed by atoms with Crippen molar-refractivity contribution in [2.24, 2.45) is 0 Å². The lowest BCUT2D eigenvalue weighted by Gasteiger charge is -2.16. The van der Waals surface area contributed by atoms with Gasteiger partial charge in [-0.3, -0.25) is 4.79 Å². The lowest BCUT2D eigenvalue weighted by Crippen LogP contribution is -2.21. The van der Waals surface area contributed by atoms with E-state index in [2.05, 4.69) is 0 Å². The van der Waals surface area contributed by atoms with Crippen molar-refractivity contribution in [3.63, 3.8) is 0 Å². The highest BCUT2D eigenvalue weighted by Crippen LogP contribution is 2.27. The van der Waals surface area contributed by atoms with Crippen molar-refractivity contribution >= 4 is 17.6 Å². The Morgan fingerprint density at radius 2 is 2.00 bits per heavy atom. The number of esters is 1. The maximum atomic E-state index is 11.9. The Morgan fingerprint density at radius 3 is 2.67 bits per heavy atom. The van der Waals surface area contributed by atoms with Gasteiger partial charge in [-0.25, -0.2) is 0 Å². The molecule has 21 heavy (non-hydrogen) atoms. The molecule has 2 aromatic carbocycles. The number of hydrogen-bond donors (Lipinski definition) is 1. The van der Waals surface area contributed by atoms with Gasteiger partial charge in [0.25, 0.3) is 0 Å². The van der Waals surface area contributed by atoms with Crippen molar-refractivity contribution < 1.29 is 19.4 Å². The van der Waals surface area contributed by atoms with Crippen LogP contribution in [0.1, 0.15) is 11.5 Å². The largest absolute Gasteiger partial charge is 0.508 e. The average molecular weight is 307 g/mol. The van der Waals surface area contributed by atoms with Crippen LogP contribution < -0.4 is 4.74 Å². The number of benzene rings is 2. The summed E-state index contributed by atoms with van der Waals surface area (Å²) in [5.74, 6) is -0.501. The molecule has 0 saturated heterocycles. The van der Waals surface area contributed by atoms with Crippen molar-refractivity contribution in [1.82, 2.24) is 0 Å². The summed E-state index contributed by atoms with van der Waals surface area (Å²) in [4.78, 5) is 11.9. The molecule has 1 unspecified atom stereocenters. The first-order valence-corrected chi connectivity index (χ1v) is 6.73. The Labute approximate surface area is 127 Å². The van der Waals surface area contributed by atoms with Crippen molar-refractivity contribution in [1.29, 1.82) is 0 Å². The first kappa shape index (κ1) is 15.2. The molecule has 0 aliphatic rings. The van der Waals surface area contributed by atoms with Crippen LogP contribution in [-0.4, -0.2) is 24.8 Å². The second kappa shape index (κ2) is 6.99. The Kier molecular flexibility index (Phi) is 5.06. The fraction of sp³-hybridized carbons (Fsp3) is 0.188. The van der Waals surface area contributed by atoms with E-state index < -0.39 is 11.9 Å². The van der Waals surface area contributed by atoms with Gasteiger partial charge in [0, 0.05) is 0 Å². The number of rotatable bonds is 5. The Bertz CT molecular complexity index is 627. The molecular weight excluding hydrogens is 292 g/mol. The number of ether oxygens (including phenoxy) is 2. The lowest BCUT2D eigenvalue weighted by molar-refractivity contribution is -0.143. The van der Waals surface area contributed by atoms with E-state index in [1.165, 1.54) is 19.2 Å². The van der Waals surface area contributed by atoms with E-state index >= 15 is 0 Å². The number of carbonyl (C=O) groups excluding carboxylic acids is 1. The molecule has 0 saturated carbocycles. The molecule has 0 aliphatic heterocycles. The highest BCUT2D eigenvalue weighted by Gasteiger charge is 2.23. The van der Waals surface area contributed by atoms with Crippen molar-refractivity contribution in [2.45, 2.75) is 5.92 Å². The summed E-state index contributed by atoms with van der Waals surface area (Å²) in [5.41, 5.74) is 0.619. The Morgan fingerprint density at radius 1 is 1.24 bits per heavy atom. The molecule has 2 rings (SSSR count). The van der Waals surface area contributed by atoms with Crippen LogP contribution in [0.25, 0.3) is 0 Å². The summed E-state index contributed by atoms with van der Waals surface area (Å²) in [6, 6.07) is 13.5. The van der Waals surface area contributed by atoms with Gasteiger partial charge in [0.15, 0.2) is 0 Å². The zero-order valence-corrected chi connectivity index (χ0v) is 12.2. The lowest BCUT2D eigenvalue weighted by atomic mass is 10.00. The van der Waals surface area contributed by atoms with Gasteiger partial charge in [-0.15, -0.1) is 0 Å². The predicted octanol–water partition coefficient (Wildman–Crippen LogP) is 3.38. The summed E-state index contributed by atoms with van der Waals surface area (Å²) < 4.78 is 10.4. The van der Waals surface area contributed by atoms with Crippen LogP contribution in [0.5, 0.6) is 11.5 Å². The third-order valence-corrected chi connectivity index (χ3v) is 3.31. The van der Waals surface area contributed by atoms with Gasteiger partial charge in [0.05, 0.1) is 12.1 Å². The summed E-state index contributed by atoms with van der Waals surface area (Å²) in [7, 11) is 1.31. The molecule has 4 nitrogen and oxygen atoms in total. The van der Waals surface area contributed by atoms with Crippen LogP contribution in [0.2, 0.25) is 5.02 Å². The van der Waals surface area contributed by atoms with Gasteiger partial charge in [0.1, 0.15) is 24.0 Å². The first-order valence-electron chi connectivity index (χ1n) is 6.36. The van der Waals surface area contributed by atoms with Gasteiger partial charge in [-0.05, 0) is 29.8 Å². The van der Waals surface area contributed by atoms with Crippen LogP contribution in [0, 0.1) is 0 Å². The van der Waals surface area contributed by atoms with Gasteiger partial charge >= 0.3 is 5.97 Å². The molecule has 110 valence electrons. The Hall–Kier alpha value is -2.20. The molecule has 2 aromatic rings. The standard InChI is InChI=1S/C16H15ClO4/c1-20-16(19)13(11-5-4-6-12(18)9-11)10-21-15-8-3-2-7-14(15)17/h2-9,13,18H,10H2,1H3. The molecule has 0 radical (unpaired) electrons. The molecule has 1 atom stereocenters. The first-order chi connectivity index (χ1) is 10.1. The molecule has 0 aliphatic carbocycles. The average Bonchev–Trinajstić information content (AvgIpc) is 2.49. The van der Waals surface area contributed by atoms with E-state index in [9.17, 15) is 9.90 Å². The number of methoxy groups -OCH3 is 1. The van der Waals surface area contributed by atoms with E-state index in [1.54, 1.807) is 36.4 Å². The minimum Gasteiger partial charge on any atom is -0.508 e. The number of hydrogen-bond acceptors (Lipinski definition) is 4. The summed E-state index contributed by atoms with van der Waals surface area (Å²) in [6.07, 6.45) is 0. The summed E-state index contributed by atoms with van der Waals surface area (Å²) >= 11 is 6.01. The van der Waals surface area contributed by atoms with Crippen molar-refractivity contribution in [3.8, 4) is 11.5 Å². The minimum atomic E-state index is -0.640. The topological polar surface area (TPSA) is 55.8 Å². The molecule has 0 spiro atoms. The van der Waals surface area contributed by atoms with Crippen LogP contribution in [0.3, 0.4) is 0 Å². The third kappa shape index (κ3) is 3.89. The van der Waals surface area contributed by atoms with Crippen LogP contribution in [0.15, 0.2) is 48.5 Å². The molecule has 0 heterocycles. The second-order valence-electron chi connectivity index (χ2n) is 4.41. The van der Waals surface area contributed by atoms with E-state index in [1.807, 2.05) is 0 Å². The van der Waals surface area contributed by atoms with Gasteiger partial charge in [-0.2, -0.15) is 0 Å². The fourth-order valence-corrected chi connectivity index (χ4v) is 2.11. The molecule has 0 amide bonds. The number of phenols is 1. The SMILES string of the molecule is COC(=O)C(COc1ccccc1Cl)c1cccc(O)c1. The quantitative estimate of drug-likeness (QED) is 0.860. The molecule has 5 heteroatoms. The van der Waals surface area contributed by atoms with E-state index in [0.717, 1.165) is 0 Å². The highest BCUT2D eigenvalue weighted by atomic mass is 35.5. The second-order valence-corrected chi connectivity index (χ2v) is 4.82.